The first kappa shape index (κ1) is 64.5. The molecule has 1 fully saturated rings. The van der Waals surface area contributed by atoms with E-state index in [2.05, 4.69) is 71.8 Å². The van der Waals surface area contributed by atoms with E-state index in [0.29, 0.717) is 32.1 Å². The van der Waals surface area contributed by atoms with Crippen LogP contribution in [0.5, 0.6) is 0 Å². The van der Waals surface area contributed by atoms with Gasteiger partial charge in [0.15, 0.2) is 18.1 Å². The minimum absolute atomic E-state index is 0.0214. The van der Waals surface area contributed by atoms with Gasteiger partial charge in [-0.05, 0) is 82.8 Å². The Balaban J connectivity index is 1.85. The van der Waals surface area contributed by atoms with E-state index in [0.717, 1.165) is 87.8 Å². The number of carbonyl (C=O) groups excluding carboxylic acids is 3. The number of ketones is 1. The lowest BCUT2D eigenvalue weighted by atomic mass is 10.1. The summed E-state index contributed by atoms with van der Waals surface area (Å²) in [5.74, 6) is -1.36. The first-order valence-electron chi connectivity index (χ1n) is 25.2. The monoisotopic (exact) mass is 1060 g/mol. The van der Waals surface area contributed by atoms with Gasteiger partial charge in [-0.2, -0.15) is 9.29 Å². The molecule has 0 saturated carbocycles. The van der Waals surface area contributed by atoms with Gasteiger partial charge in [-0.15, -0.1) is 0 Å². The fourth-order valence-electron chi connectivity index (χ4n) is 6.73. The van der Waals surface area contributed by atoms with E-state index in [1.54, 1.807) is 12.2 Å². The van der Waals surface area contributed by atoms with Crippen LogP contribution in [0.25, 0.3) is 0 Å². The molecular formula is C52H79N3O16P2. The second-order valence-electron chi connectivity index (χ2n) is 17.0. The van der Waals surface area contributed by atoms with E-state index in [1.807, 2.05) is 36.5 Å². The number of unbranched alkanes of at least 4 members (excludes halogenated alkanes) is 7. The van der Waals surface area contributed by atoms with Gasteiger partial charge in [-0.3, -0.25) is 28.0 Å². The van der Waals surface area contributed by atoms with Crippen LogP contribution in [0.3, 0.4) is 0 Å². The van der Waals surface area contributed by atoms with Gasteiger partial charge in [-0.1, -0.05) is 137 Å². The third kappa shape index (κ3) is 31.6. The maximum Gasteiger partial charge on any atom is 0.481 e. The SMILES string of the molecule is CC/C=C\C/C=C\C/C=C\C/C=C\C/C=C\C/C=C\CCC(=O)OC[C@H](COP(=O)(O)OP(=O)(O)OC[C@H]1O[C@@H](n2ccc(N)nc2=O)[C@H](O)[C@@H]1O)OC(=O)CCCCCCC/C=C\C=C\C(=O)CCCCC. The van der Waals surface area contributed by atoms with Gasteiger partial charge < -0.3 is 39.9 Å². The largest absolute Gasteiger partial charge is 0.481 e. The van der Waals surface area contributed by atoms with E-state index in [1.165, 1.54) is 6.07 Å². The number of rotatable bonds is 40. The van der Waals surface area contributed by atoms with Crippen LogP contribution >= 0.6 is 15.6 Å². The van der Waals surface area contributed by atoms with E-state index in [9.17, 15) is 48.3 Å². The highest BCUT2D eigenvalue weighted by atomic mass is 31.3. The van der Waals surface area contributed by atoms with Crippen LogP contribution < -0.4 is 11.4 Å². The van der Waals surface area contributed by atoms with Gasteiger partial charge in [-0.25, -0.2) is 13.9 Å². The summed E-state index contributed by atoms with van der Waals surface area (Å²) in [6, 6.07) is 1.24. The van der Waals surface area contributed by atoms with Crippen molar-refractivity contribution in [1.29, 1.82) is 0 Å². The van der Waals surface area contributed by atoms with E-state index in [4.69, 9.17) is 29.0 Å². The zero-order valence-electron chi connectivity index (χ0n) is 42.4. The molecule has 19 nitrogen and oxygen atoms in total. The Morgan fingerprint density at radius 3 is 1.93 bits per heavy atom. The van der Waals surface area contributed by atoms with Crippen molar-refractivity contribution in [3.05, 3.63) is 120 Å². The zero-order valence-corrected chi connectivity index (χ0v) is 44.2. The molecule has 0 spiro atoms. The number of aromatic nitrogens is 2. The molecule has 7 atom stereocenters. The van der Waals surface area contributed by atoms with Crippen LogP contribution in [0, 0.1) is 0 Å². The lowest BCUT2D eigenvalue weighted by Crippen LogP contribution is -2.36. The standard InChI is InChI=1S/C52H79N3O16P2/c1-3-5-7-8-9-10-11-12-13-14-15-16-17-18-19-22-25-28-32-36-47(57)66-40-44(69-48(58)37-33-29-26-23-20-21-24-27-31-35-43(56)34-30-6-4-2)41-67-72(62,63)71-73(64,65)68-42-45-49(59)50(60)51(70-45)55-39-38-46(53)54-52(55)61/h5,7,9-10,12-13,15-16,18-19,24-25,27-28,31,35,38-39,44-45,49-51,59-60H,3-4,6,8,11,14,17,20-23,26,29-30,32-34,36-37,40-42H2,1-2H3,(H,62,63)(H,64,65)(H2,53,54,61)/b7-5-,10-9-,13-12-,16-15-,19-18-,27-24-,28-25-,35-31+/t44-,45-,49-,50-,51-/m1/s1. The summed E-state index contributed by atoms with van der Waals surface area (Å²) >= 11 is 0. The van der Waals surface area contributed by atoms with Crippen molar-refractivity contribution in [2.75, 3.05) is 25.6 Å². The number of hydrogen-bond acceptors (Lipinski definition) is 16. The third-order valence-corrected chi connectivity index (χ3v) is 13.2. The molecule has 0 amide bonds. The number of ether oxygens (including phenoxy) is 3. The van der Waals surface area contributed by atoms with Gasteiger partial charge in [0.25, 0.3) is 0 Å². The molecule has 2 rings (SSSR count). The Morgan fingerprint density at radius 2 is 1.30 bits per heavy atom. The first-order chi connectivity index (χ1) is 35.1. The molecule has 1 aliphatic rings. The fraction of sp³-hybridized carbons (Fsp3) is 0.558. The maximum absolute atomic E-state index is 12.8. The molecule has 1 aliphatic heterocycles. The average molecular weight is 1060 g/mol. The van der Waals surface area contributed by atoms with Crippen LogP contribution in [-0.2, 0) is 51.1 Å². The number of allylic oxidation sites excluding steroid dienone is 16. The van der Waals surface area contributed by atoms with Gasteiger partial charge >= 0.3 is 33.3 Å². The van der Waals surface area contributed by atoms with Crippen molar-refractivity contribution in [3.8, 4) is 0 Å². The number of phosphoric acid groups is 2. The topological polar surface area (TPSA) is 283 Å². The average Bonchev–Trinajstić information content (AvgIpc) is 3.62. The number of carbonyl (C=O) groups is 3. The molecule has 73 heavy (non-hydrogen) atoms. The highest BCUT2D eigenvalue weighted by molar-refractivity contribution is 7.61. The van der Waals surface area contributed by atoms with Gasteiger partial charge in [0, 0.05) is 25.5 Å². The molecule has 0 radical (unpaired) electrons. The summed E-state index contributed by atoms with van der Waals surface area (Å²) in [4.78, 5) is 73.7. The van der Waals surface area contributed by atoms with Crippen molar-refractivity contribution in [2.45, 2.75) is 166 Å². The number of hydrogen-bond donors (Lipinski definition) is 5. The van der Waals surface area contributed by atoms with Crippen LogP contribution in [0.4, 0.5) is 5.82 Å². The van der Waals surface area contributed by atoms with Crippen molar-refractivity contribution < 1.29 is 71.1 Å². The Morgan fingerprint density at radius 1 is 0.712 bits per heavy atom. The highest BCUT2D eigenvalue weighted by Gasteiger charge is 2.46. The van der Waals surface area contributed by atoms with Crippen molar-refractivity contribution in [3.63, 3.8) is 0 Å². The van der Waals surface area contributed by atoms with Crippen LogP contribution in [0.2, 0.25) is 0 Å². The Kier molecular flexibility index (Phi) is 34.3. The Bertz CT molecular complexity index is 2170. The Labute approximate surface area is 430 Å². The summed E-state index contributed by atoms with van der Waals surface area (Å²) < 4.78 is 56.6. The molecule has 21 heteroatoms. The number of nitrogens with zero attached hydrogens (tertiary/aromatic N) is 2. The van der Waals surface area contributed by atoms with Crippen LogP contribution in [-0.4, -0.2) is 91.5 Å². The number of aliphatic hydroxyl groups is 2. The second-order valence-corrected chi connectivity index (χ2v) is 20.0. The van der Waals surface area contributed by atoms with Crippen LogP contribution in [0.15, 0.2) is 114 Å². The third-order valence-electron chi connectivity index (χ3n) is 10.6. The molecule has 0 aromatic carbocycles. The molecule has 1 aromatic heterocycles. The summed E-state index contributed by atoms with van der Waals surface area (Å²) in [6.07, 6.45) is 39.1. The highest BCUT2D eigenvalue weighted by Crippen LogP contribution is 2.60. The molecule has 2 unspecified atom stereocenters. The molecule has 408 valence electrons. The summed E-state index contributed by atoms with van der Waals surface area (Å²) in [6.45, 7) is 1.76. The quantitative estimate of drug-likeness (QED) is 0.0102. The number of anilines is 1. The van der Waals surface area contributed by atoms with Gasteiger partial charge in [0.1, 0.15) is 30.7 Å². The summed E-state index contributed by atoms with van der Waals surface area (Å²) in [5, 5.41) is 20.9. The smallest absolute Gasteiger partial charge is 0.462 e. The number of nitrogens with two attached hydrogens (primary N) is 1. The molecule has 2 heterocycles. The summed E-state index contributed by atoms with van der Waals surface area (Å²) in [7, 11) is -10.9. The Hall–Kier alpha value is -4.65. The summed E-state index contributed by atoms with van der Waals surface area (Å²) in [5.41, 5.74) is 4.57. The minimum atomic E-state index is -5.46. The molecule has 1 aromatic rings. The lowest BCUT2D eigenvalue weighted by Gasteiger charge is -2.21. The van der Waals surface area contributed by atoms with Gasteiger partial charge in [0.2, 0.25) is 0 Å². The van der Waals surface area contributed by atoms with E-state index < -0.39 is 83.7 Å². The number of nitrogen functional groups attached to an aromatic ring is 1. The number of esters is 2. The number of aliphatic hydroxyl groups excluding tert-OH is 2. The molecular weight excluding hydrogens is 985 g/mol. The maximum atomic E-state index is 12.8. The second kappa shape index (κ2) is 38.9. The van der Waals surface area contributed by atoms with E-state index >= 15 is 0 Å². The molecule has 0 bridgehead atoms. The van der Waals surface area contributed by atoms with Crippen molar-refractivity contribution >= 4 is 39.2 Å². The minimum Gasteiger partial charge on any atom is -0.462 e. The molecule has 1 saturated heterocycles. The van der Waals surface area contributed by atoms with Crippen molar-refractivity contribution in [2.24, 2.45) is 0 Å². The molecule has 6 N–H and O–H groups in total. The van der Waals surface area contributed by atoms with E-state index in [-0.39, 0.29) is 24.4 Å². The van der Waals surface area contributed by atoms with Gasteiger partial charge in [0.05, 0.1) is 13.2 Å². The van der Waals surface area contributed by atoms with Crippen molar-refractivity contribution in [1.82, 2.24) is 9.55 Å². The zero-order chi connectivity index (χ0) is 53.6. The predicted molar refractivity (Wildman–Crippen MR) is 280 cm³/mol. The lowest BCUT2D eigenvalue weighted by molar-refractivity contribution is -0.161. The number of phosphoric ester groups is 2. The predicted octanol–water partition coefficient (Wildman–Crippen LogP) is 9.62. The normalized spacial score (nSPS) is 19.7. The fourth-order valence-corrected chi connectivity index (χ4v) is 8.84. The van der Waals surface area contributed by atoms with Crippen LogP contribution in [0.1, 0.15) is 142 Å². The molecule has 0 aliphatic carbocycles. The first-order valence-corrected chi connectivity index (χ1v) is 28.2.